The quantitative estimate of drug-likeness (QED) is 0.232. The largest absolute Gasteiger partial charge is 0.478 e. The van der Waals surface area contributed by atoms with Crippen LogP contribution in [0.25, 0.3) is 0 Å². The monoisotopic (exact) mass is 462 g/mol. The predicted molar refractivity (Wildman–Crippen MR) is 109 cm³/mol. The highest BCUT2D eigenvalue weighted by Gasteiger charge is 2.42. The van der Waals surface area contributed by atoms with Gasteiger partial charge in [-0.15, -0.1) is 0 Å². The Balaban J connectivity index is 4.39. The molecule has 33 heavy (non-hydrogen) atoms. The lowest BCUT2D eigenvalue weighted by atomic mass is 9.85. The molecule has 0 radical (unpaired) electrons. The maximum Gasteiger partial charge on any atom is 0.340 e. The Labute approximate surface area is 186 Å². The molecule has 0 saturated heterocycles. The van der Waals surface area contributed by atoms with Gasteiger partial charge in [-0.25, -0.2) is 28.8 Å². The van der Waals surface area contributed by atoms with Crippen LogP contribution >= 0.6 is 0 Å². The molecule has 0 bridgehead atoms. The summed E-state index contributed by atoms with van der Waals surface area (Å²) in [6.07, 6.45) is 3.25. The van der Waals surface area contributed by atoms with Crippen LogP contribution in [-0.4, -0.2) is 71.0 Å². The lowest BCUT2D eigenvalue weighted by molar-refractivity contribution is 0.0471. The van der Waals surface area contributed by atoms with E-state index in [1.54, 1.807) is 0 Å². The number of carboxylic acids is 3. The smallest absolute Gasteiger partial charge is 0.340 e. The summed E-state index contributed by atoms with van der Waals surface area (Å²) in [6, 6.07) is 0. The van der Waals surface area contributed by atoms with Gasteiger partial charge in [0, 0.05) is 0 Å². The molecule has 0 aliphatic carbocycles. The van der Waals surface area contributed by atoms with E-state index < -0.39 is 89.0 Å². The zero-order valence-electron chi connectivity index (χ0n) is 17.0. The summed E-state index contributed by atoms with van der Waals surface area (Å²) in [4.78, 5) is 74.0. The average Bonchev–Trinajstić information content (AvgIpc) is 2.76. The number of benzene rings is 1. The fourth-order valence-corrected chi connectivity index (χ4v) is 2.62. The van der Waals surface area contributed by atoms with E-state index in [4.69, 9.17) is 14.2 Å². The molecule has 1 aromatic rings. The molecule has 0 saturated carbocycles. The number of ether oxygens (including phenoxy) is 3. The third-order valence-corrected chi connectivity index (χ3v) is 3.75. The van der Waals surface area contributed by atoms with E-state index in [0.717, 1.165) is 18.2 Å². The normalized spacial score (nSPS) is 9.82. The van der Waals surface area contributed by atoms with Crippen molar-refractivity contribution < 1.29 is 58.3 Å². The first-order valence-corrected chi connectivity index (χ1v) is 8.82. The molecular weight excluding hydrogens is 444 g/mol. The van der Waals surface area contributed by atoms with E-state index in [-0.39, 0.29) is 0 Å². The average molecular weight is 462 g/mol. The van der Waals surface area contributed by atoms with Crippen LogP contribution in [0.5, 0.6) is 0 Å². The Morgan fingerprint density at radius 1 is 0.515 bits per heavy atom. The zero-order valence-corrected chi connectivity index (χ0v) is 17.0. The fourth-order valence-electron chi connectivity index (χ4n) is 2.62. The van der Waals surface area contributed by atoms with Gasteiger partial charge in [0.2, 0.25) is 0 Å². The van der Waals surface area contributed by atoms with Crippen LogP contribution < -0.4 is 0 Å². The first kappa shape index (κ1) is 26.3. The summed E-state index contributed by atoms with van der Waals surface area (Å²) < 4.78 is 14.3. The summed E-state index contributed by atoms with van der Waals surface area (Å²) in [6.45, 7) is 8.39. The third kappa shape index (κ3) is 5.70. The van der Waals surface area contributed by atoms with Crippen molar-refractivity contribution in [2.45, 2.75) is 0 Å². The number of carboxylic acid groups (broad SMARTS) is 3. The van der Waals surface area contributed by atoms with Gasteiger partial charge in [-0.3, -0.25) is 0 Å². The minimum absolute atomic E-state index is 0.493. The second kappa shape index (κ2) is 11.6. The number of rotatable bonds is 12. The molecule has 0 aromatic heterocycles. The van der Waals surface area contributed by atoms with Crippen LogP contribution in [0, 0.1) is 0 Å². The number of hydrogen-bond donors (Lipinski definition) is 3. The van der Waals surface area contributed by atoms with Gasteiger partial charge < -0.3 is 29.5 Å². The molecule has 174 valence electrons. The summed E-state index contributed by atoms with van der Waals surface area (Å²) in [5.41, 5.74) is -7.86. The van der Waals surface area contributed by atoms with Crippen molar-refractivity contribution in [1.29, 1.82) is 0 Å². The van der Waals surface area contributed by atoms with Gasteiger partial charge >= 0.3 is 35.8 Å². The van der Waals surface area contributed by atoms with Gasteiger partial charge in [0.15, 0.2) is 0 Å². The molecule has 12 nitrogen and oxygen atoms in total. The van der Waals surface area contributed by atoms with Crippen LogP contribution in [-0.2, 0) is 14.2 Å². The molecule has 0 atom stereocenters. The maximum absolute atomic E-state index is 12.8. The Bertz CT molecular complexity index is 1000. The van der Waals surface area contributed by atoms with E-state index in [0.29, 0.717) is 0 Å². The zero-order chi connectivity index (χ0) is 25.3. The highest BCUT2D eigenvalue weighted by molar-refractivity contribution is 6.23. The number of carbonyl (C=O) groups excluding carboxylic acids is 3. The number of aromatic carboxylic acids is 3. The van der Waals surface area contributed by atoms with Gasteiger partial charge in [-0.1, -0.05) is 38.0 Å². The number of esters is 3. The van der Waals surface area contributed by atoms with Crippen molar-refractivity contribution in [2.75, 3.05) is 19.8 Å². The summed E-state index contributed by atoms with van der Waals surface area (Å²) in [5.74, 6) is -11.0. The van der Waals surface area contributed by atoms with E-state index in [1.165, 1.54) is 0 Å². The summed E-state index contributed by atoms with van der Waals surface area (Å²) in [7, 11) is 0. The molecule has 12 heteroatoms. The molecule has 1 rings (SSSR count). The maximum atomic E-state index is 12.8. The molecular formula is C21H18O12. The molecule has 0 aliphatic heterocycles. The molecule has 0 aliphatic rings. The minimum atomic E-state index is -2.12. The van der Waals surface area contributed by atoms with Crippen molar-refractivity contribution in [3.63, 3.8) is 0 Å². The molecule has 1 aromatic carbocycles. The lowest BCUT2D eigenvalue weighted by Gasteiger charge is -2.19. The first-order valence-electron chi connectivity index (χ1n) is 8.82. The van der Waals surface area contributed by atoms with Crippen molar-refractivity contribution in [3.05, 3.63) is 71.3 Å². The Morgan fingerprint density at radius 3 is 0.939 bits per heavy atom. The van der Waals surface area contributed by atoms with E-state index in [9.17, 15) is 44.1 Å². The second-order valence-electron chi connectivity index (χ2n) is 5.83. The van der Waals surface area contributed by atoms with Crippen molar-refractivity contribution >= 4 is 35.8 Å². The van der Waals surface area contributed by atoms with Crippen LogP contribution in [0.1, 0.15) is 62.1 Å². The van der Waals surface area contributed by atoms with Crippen LogP contribution in [0.2, 0.25) is 0 Å². The van der Waals surface area contributed by atoms with E-state index in [1.807, 2.05) is 0 Å². The van der Waals surface area contributed by atoms with E-state index >= 15 is 0 Å². The highest BCUT2D eigenvalue weighted by atomic mass is 16.5. The molecule has 0 fully saturated rings. The molecule has 0 heterocycles. The standard InChI is InChI=1S/C21H18O12/c1-4-7-31-19(28)13-11(17(24)25)10(16(22)23)12(18(26)27)14(20(29)32-8-5-2)15(13)21(30)33-9-6-3/h4-6H,1-3,7-9H2,(H,22,23)(H,24,25)(H,26,27). The highest BCUT2D eigenvalue weighted by Crippen LogP contribution is 2.32. The lowest BCUT2D eigenvalue weighted by Crippen LogP contribution is -2.30. The minimum Gasteiger partial charge on any atom is -0.478 e. The van der Waals surface area contributed by atoms with Gasteiger partial charge in [-0.05, 0) is 0 Å². The third-order valence-electron chi connectivity index (χ3n) is 3.75. The van der Waals surface area contributed by atoms with Crippen molar-refractivity contribution in [1.82, 2.24) is 0 Å². The molecule has 0 spiro atoms. The molecule has 0 unspecified atom stereocenters. The summed E-state index contributed by atoms with van der Waals surface area (Å²) >= 11 is 0. The van der Waals surface area contributed by atoms with Crippen molar-refractivity contribution in [3.8, 4) is 0 Å². The van der Waals surface area contributed by atoms with Crippen LogP contribution in [0.3, 0.4) is 0 Å². The van der Waals surface area contributed by atoms with Crippen LogP contribution in [0.4, 0.5) is 0 Å². The van der Waals surface area contributed by atoms with Gasteiger partial charge in [-0.2, -0.15) is 0 Å². The Kier molecular flexibility index (Phi) is 9.24. The molecule has 0 amide bonds. The fraction of sp³-hybridized carbons (Fsp3) is 0.143. The van der Waals surface area contributed by atoms with Crippen molar-refractivity contribution in [2.24, 2.45) is 0 Å². The van der Waals surface area contributed by atoms with Gasteiger partial charge in [0.05, 0.1) is 33.4 Å². The Morgan fingerprint density at radius 2 is 0.727 bits per heavy atom. The topological polar surface area (TPSA) is 191 Å². The predicted octanol–water partition coefficient (Wildman–Crippen LogP) is 1.81. The number of carbonyl (C=O) groups is 6. The van der Waals surface area contributed by atoms with Gasteiger partial charge in [0.1, 0.15) is 19.8 Å². The number of hydrogen-bond acceptors (Lipinski definition) is 9. The first-order chi connectivity index (χ1) is 15.5. The van der Waals surface area contributed by atoms with Crippen LogP contribution in [0.15, 0.2) is 38.0 Å². The Hall–Kier alpha value is -4.74. The summed E-state index contributed by atoms with van der Waals surface area (Å²) in [5, 5.41) is 28.9. The second-order valence-corrected chi connectivity index (χ2v) is 5.83. The SMILES string of the molecule is C=CCOC(=O)c1c(C(=O)O)c(C(=O)O)c(C(=O)O)c(C(=O)OCC=C)c1C(=O)OCC=C. The van der Waals surface area contributed by atoms with E-state index in [2.05, 4.69) is 19.7 Å². The van der Waals surface area contributed by atoms with Gasteiger partial charge in [0.25, 0.3) is 0 Å². The molecule has 3 N–H and O–H groups in total.